The van der Waals surface area contributed by atoms with Gasteiger partial charge in [-0.2, -0.15) is 0 Å². The summed E-state index contributed by atoms with van der Waals surface area (Å²) in [4.78, 5) is 27.3. The molecule has 0 aromatic carbocycles. The quantitative estimate of drug-likeness (QED) is 0.706. The smallest absolute Gasteiger partial charge is 0.319 e. The summed E-state index contributed by atoms with van der Waals surface area (Å²) in [5.41, 5.74) is 0. The minimum atomic E-state index is -0.290. The number of carbonyl (C=O) groups excluding carboxylic acids is 2. The number of nitrogens with zero attached hydrogens (tertiary/aromatic N) is 2. The van der Waals surface area contributed by atoms with Crippen LogP contribution in [0.25, 0.3) is 0 Å². The first-order chi connectivity index (χ1) is 9.17. The monoisotopic (exact) mass is 270 g/mol. The molecule has 1 fully saturated rings. The van der Waals surface area contributed by atoms with Crippen LogP contribution >= 0.6 is 0 Å². The lowest BCUT2D eigenvalue weighted by molar-refractivity contribution is -0.142. The summed E-state index contributed by atoms with van der Waals surface area (Å²) in [6.07, 6.45) is 5.89. The molecule has 0 bridgehead atoms. The van der Waals surface area contributed by atoms with Crippen LogP contribution in [0, 0.1) is 0 Å². The maximum absolute atomic E-state index is 12.2. The standard InChI is InChI=1S/C14H26N2O3/c1-3-15(12-14(18)19-2)11-13(17)16-9-7-5-4-6-8-10-16/h3-12H2,1-2H3. The Bertz CT molecular complexity index is 286. The van der Waals surface area contributed by atoms with Gasteiger partial charge in [-0.3, -0.25) is 14.5 Å². The molecule has 1 amide bonds. The van der Waals surface area contributed by atoms with Crippen LogP contribution in [0.15, 0.2) is 0 Å². The topological polar surface area (TPSA) is 49.9 Å². The van der Waals surface area contributed by atoms with E-state index >= 15 is 0 Å². The Morgan fingerprint density at radius 3 is 2.16 bits per heavy atom. The second-order valence-electron chi connectivity index (χ2n) is 5.03. The summed E-state index contributed by atoms with van der Waals surface area (Å²) < 4.78 is 4.64. The number of amides is 1. The van der Waals surface area contributed by atoms with E-state index in [1.54, 1.807) is 0 Å². The first kappa shape index (κ1) is 16.0. The van der Waals surface area contributed by atoms with E-state index in [2.05, 4.69) is 4.74 Å². The van der Waals surface area contributed by atoms with E-state index in [-0.39, 0.29) is 18.4 Å². The summed E-state index contributed by atoms with van der Waals surface area (Å²) in [6.45, 7) is 4.83. The Hall–Kier alpha value is -1.10. The van der Waals surface area contributed by atoms with E-state index in [4.69, 9.17) is 0 Å². The average molecular weight is 270 g/mol. The van der Waals surface area contributed by atoms with Crippen molar-refractivity contribution in [2.45, 2.75) is 39.0 Å². The molecule has 110 valence electrons. The van der Waals surface area contributed by atoms with Gasteiger partial charge in [0.15, 0.2) is 0 Å². The van der Waals surface area contributed by atoms with Crippen molar-refractivity contribution in [2.75, 3.05) is 39.8 Å². The predicted molar refractivity (Wildman–Crippen MR) is 73.8 cm³/mol. The number of likely N-dealkylation sites (N-methyl/N-ethyl adjacent to an activating group) is 1. The Kier molecular flexibility index (Phi) is 7.48. The molecule has 0 N–H and O–H groups in total. The highest BCUT2D eigenvalue weighted by Gasteiger charge is 2.19. The lowest BCUT2D eigenvalue weighted by atomic mass is 10.1. The van der Waals surface area contributed by atoms with Gasteiger partial charge >= 0.3 is 5.97 Å². The van der Waals surface area contributed by atoms with E-state index in [0.717, 1.165) is 25.9 Å². The van der Waals surface area contributed by atoms with Crippen molar-refractivity contribution in [1.29, 1.82) is 0 Å². The minimum Gasteiger partial charge on any atom is -0.468 e. The first-order valence-corrected chi connectivity index (χ1v) is 7.24. The fourth-order valence-electron chi connectivity index (χ4n) is 2.31. The zero-order valence-corrected chi connectivity index (χ0v) is 12.2. The molecule has 1 aliphatic rings. The second kappa shape index (κ2) is 8.91. The number of hydrogen-bond acceptors (Lipinski definition) is 4. The third-order valence-electron chi connectivity index (χ3n) is 3.60. The molecular weight excluding hydrogens is 244 g/mol. The van der Waals surface area contributed by atoms with Crippen LogP contribution in [-0.2, 0) is 14.3 Å². The fourth-order valence-corrected chi connectivity index (χ4v) is 2.31. The Morgan fingerprint density at radius 1 is 1.05 bits per heavy atom. The third-order valence-corrected chi connectivity index (χ3v) is 3.60. The van der Waals surface area contributed by atoms with Crippen molar-refractivity contribution >= 4 is 11.9 Å². The van der Waals surface area contributed by atoms with Crippen molar-refractivity contribution in [2.24, 2.45) is 0 Å². The Morgan fingerprint density at radius 2 is 1.63 bits per heavy atom. The van der Waals surface area contributed by atoms with Gasteiger partial charge in [-0.1, -0.05) is 26.2 Å². The van der Waals surface area contributed by atoms with Crippen molar-refractivity contribution in [1.82, 2.24) is 9.80 Å². The van der Waals surface area contributed by atoms with Crippen LogP contribution in [0.1, 0.15) is 39.0 Å². The van der Waals surface area contributed by atoms with Crippen molar-refractivity contribution in [3.63, 3.8) is 0 Å². The Labute approximate surface area is 115 Å². The molecule has 5 heteroatoms. The van der Waals surface area contributed by atoms with Gasteiger partial charge in [-0.15, -0.1) is 0 Å². The molecule has 0 radical (unpaired) electrons. The number of carbonyl (C=O) groups is 2. The summed E-state index contributed by atoms with van der Waals surface area (Å²) in [5, 5.41) is 0. The van der Waals surface area contributed by atoms with Crippen LogP contribution in [0.3, 0.4) is 0 Å². The van der Waals surface area contributed by atoms with E-state index in [0.29, 0.717) is 13.1 Å². The van der Waals surface area contributed by atoms with Crippen molar-refractivity contribution in [3.8, 4) is 0 Å². The zero-order valence-electron chi connectivity index (χ0n) is 12.2. The highest BCUT2D eigenvalue weighted by atomic mass is 16.5. The molecule has 19 heavy (non-hydrogen) atoms. The predicted octanol–water partition coefficient (Wildman–Crippen LogP) is 1.27. The number of esters is 1. The van der Waals surface area contributed by atoms with Gasteiger partial charge in [0.05, 0.1) is 20.2 Å². The van der Waals surface area contributed by atoms with Gasteiger partial charge in [0.1, 0.15) is 0 Å². The SMILES string of the molecule is CCN(CC(=O)OC)CC(=O)N1CCCCCCC1. The molecule has 1 saturated heterocycles. The third kappa shape index (κ3) is 6.05. The lowest BCUT2D eigenvalue weighted by Gasteiger charge is -2.27. The molecule has 0 spiro atoms. The summed E-state index contributed by atoms with van der Waals surface area (Å²) in [7, 11) is 1.37. The van der Waals surface area contributed by atoms with Crippen LogP contribution in [0.5, 0.6) is 0 Å². The number of likely N-dealkylation sites (tertiary alicyclic amines) is 1. The second-order valence-corrected chi connectivity index (χ2v) is 5.03. The van der Waals surface area contributed by atoms with Gasteiger partial charge in [0.2, 0.25) is 5.91 Å². The van der Waals surface area contributed by atoms with Crippen molar-refractivity contribution in [3.05, 3.63) is 0 Å². The van der Waals surface area contributed by atoms with Gasteiger partial charge < -0.3 is 9.64 Å². The first-order valence-electron chi connectivity index (χ1n) is 7.24. The summed E-state index contributed by atoms with van der Waals surface area (Å²) >= 11 is 0. The van der Waals surface area contributed by atoms with E-state index in [1.807, 2.05) is 16.7 Å². The number of methoxy groups -OCH3 is 1. The Balaban J connectivity index is 2.43. The summed E-state index contributed by atoms with van der Waals surface area (Å²) in [5.74, 6) is -0.157. The number of rotatable bonds is 5. The van der Waals surface area contributed by atoms with Gasteiger partial charge in [-0.05, 0) is 19.4 Å². The van der Waals surface area contributed by atoms with Crippen LogP contribution in [0.2, 0.25) is 0 Å². The number of hydrogen-bond donors (Lipinski definition) is 0. The van der Waals surface area contributed by atoms with Crippen LogP contribution < -0.4 is 0 Å². The van der Waals surface area contributed by atoms with Gasteiger partial charge in [0, 0.05) is 13.1 Å². The molecule has 0 unspecified atom stereocenters. The fraction of sp³-hybridized carbons (Fsp3) is 0.857. The lowest BCUT2D eigenvalue weighted by Crippen LogP contribution is -2.43. The number of ether oxygens (including phenoxy) is 1. The zero-order chi connectivity index (χ0) is 14.1. The molecule has 5 nitrogen and oxygen atoms in total. The maximum atomic E-state index is 12.2. The van der Waals surface area contributed by atoms with Crippen LogP contribution in [0.4, 0.5) is 0 Å². The van der Waals surface area contributed by atoms with E-state index < -0.39 is 0 Å². The normalized spacial score (nSPS) is 16.9. The van der Waals surface area contributed by atoms with E-state index in [9.17, 15) is 9.59 Å². The molecule has 0 aromatic heterocycles. The van der Waals surface area contributed by atoms with Crippen molar-refractivity contribution < 1.29 is 14.3 Å². The molecule has 0 saturated carbocycles. The van der Waals surface area contributed by atoms with Gasteiger partial charge in [0.25, 0.3) is 0 Å². The molecule has 1 aliphatic heterocycles. The molecule has 0 aromatic rings. The molecule has 1 heterocycles. The average Bonchev–Trinajstić information content (AvgIpc) is 2.37. The van der Waals surface area contributed by atoms with E-state index in [1.165, 1.54) is 26.4 Å². The molecule has 0 atom stereocenters. The maximum Gasteiger partial charge on any atom is 0.319 e. The van der Waals surface area contributed by atoms with Gasteiger partial charge in [-0.25, -0.2) is 0 Å². The largest absolute Gasteiger partial charge is 0.468 e. The summed E-state index contributed by atoms with van der Waals surface area (Å²) in [6, 6.07) is 0. The highest BCUT2D eigenvalue weighted by molar-refractivity contribution is 5.79. The molecular formula is C14H26N2O3. The molecule has 0 aliphatic carbocycles. The molecule has 1 rings (SSSR count). The highest BCUT2D eigenvalue weighted by Crippen LogP contribution is 2.10. The minimum absolute atomic E-state index is 0.132. The van der Waals surface area contributed by atoms with Crippen LogP contribution in [-0.4, -0.2) is 61.5 Å².